The van der Waals surface area contributed by atoms with Crippen LogP contribution in [0.5, 0.6) is 11.5 Å². The Labute approximate surface area is 146 Å². The van der Waals surface area contributed by atoms with Crippen molar-refractivity contribution in [1.82, 2.24) is 9.88 Å². The van der Waals surface area contributed by atoms with E-state index in [1.165, 1.54) is 0 Å². The molecule has 0 bridgehead atoms. The van der Waals surface area contributed by atoms with Crippen LogP contribution in [0, 0.1) is 5.41 Å². The topological polar surface area (TPSA) is 71.9 Å². The van der Waals surface area contributed by atoms with Crippen LogP contribution in [0.2, 0.25) is 0 Å². The van der Waals surface area contributed by atoms with Gasteiger partial charge >= 0.3 is 5.97 Å². The van der Waals surface area contributed by atoms with Crippen LogP contribution < -0.4 is 9.47 Å². The van der Waals surface area contributed by atoms with Gasteiger partial charge in [0.2, 0.25) is 0 Å². The number of methoxy groups -OCH3 is 1. The molecule has 0 unspecified atom stereocenters. The number of pyridine rings is 1. The molecule has 6 nitrogen and oxygen atoms in total. The van der Waals surface area contributed by atoms with Gasteiger partial charge in [0.25, 0.3) is 0 Å². The van der Waals surface area contributed by atoms with Gasteiger partial charge < -0.3 is 14.6 Å². The second-order valence-electron chi connectivity index (χ2n) is 6.71. The van der Waals surface area contributed by atoms with Crippen LogP contribution in [0.4, 0.5) is 0 Å². The van der Waals surface area contributed by atoms with Gasteiger partial charge in [-0.25, -0.2) is 0 Å². The summed E-state index contributed by atoms with van der Waals surface area (Å²) in [5, 5.41) is 9.98. The molecule has 2 aromatic rings. The maximum Gasteiger partial charge on any atom is 0.315 e. The van der Waals surface area contributed by atoms with Crippen molar-refractivity contribution in [3.63, 3.8) is 0 Å². The molecule has 3 heterocycles. The first-order valence-electron chi connectivity index (χ1n) is 8.28. The third-order valence-electron chi connectivity index (χ3n) is 5.25. The summed E-state index contributed by atoms with van der Waals surface area (Å²) in [5.74, 6) is 0.400. The Kier molecular flexibility index (Phi) is 3.84. The number of benzene rings is 1. The predicted octanol–water partition coefficient (Wildman–Crippen LogP) is 2.15. The smallest absolute Gasteiger partial charge is 0.315 e. The van der Waals surface area contributed by atoms with E-state index in [1.807, 2.05) is 36.5 Å². The van der Waals surface area contributed by atoms with E-state index in [0.717, 1.165) is 11.1 Å². The quantitative estimate of drug-likeness (QED) is 0.919. The molecular formula is C19H20N2O4. The lowest BCUT2D eigenvalue weighted by molar-refractivity contribution is -0.152. The third-order valence-corrected chi connectivity index (χ3v) is 5.25. The minimum atomic E-state index is -0.929. The summed E-state index contributed by atoms with van der Waals surface area (Å²) in [6.45, 7) is 1.96. The molecule has 0 amide bonds. The van der Waals surface area contributed by atoms with Gasteiger partial charge in [-0.1, -0.05) is 18.2 Å². The molecule has 0 radical (unpaired) electrons. The van der Waals surface area contributed by atoms with Gasteiger partial charge in [0.1, 0.15) is 12.0 Å². The maximum atomic E-state index is 12.2. The largest absolute Gasteiger partial charge is 0.493 e. The molecule has 1 aromatic carbocycles. The van der Waals surface area contributed by atoms with Gasteiger partial charge in [0.05, 0.1) is 7.11 Å². The number of carbonyl (C=O) groups is 1. The van der Waals surface area contributed by atoms with Gasteiger partial charge in [-0.15, -0.1) is 0 Å². The van der Waals surface area contributed by atoms with E-state index in [2.05, 4.69) is 9.88 Å². The fourth-order valence-corrected chi connectivity index (χ4v) is 4.02. The predicted molar refractivity (Wildman–Crippen MR) is 90.8 cm³/mol. The summed E-state index contributed by atoms with van der Waals surface area (Å²) in [7, 11) is 1.60. The lowest BCUT2D eigenvalue weighted by atomic mass is 9.73. The average molecular weight is 340 g/mol. The van der Waals surface area contributed by atoms with Crippen molar-refractivity contribution in [2.75, 3.05) is 26.8 Å². The average Bonchev–Trinajstić information content (AvgIpc) is 3.02. The van der Waals surface area contributed by atoms with Crippen molar-refractivity contribution in [2.24, 2.45) is 5.41 Å². The summed E-state index contributed by atoms with van der Waals surface area (Å²) in [6.07, 6.45) is 3.56. The highest BCUT2D eigenvalue weighted by Gasteiger charge is 2.56. The van der Waals surface area contributed by atoms with Gasteiger partial charge in [-0.3, -0.25) is 14.7 Å². The number of ether oxygens (including phenoxy) is 2. The number of carboxylic acid groups (broad SMARTS) is 1. The van der Waals surface area contributed by atoms with Gasteiger partial charge in [0.15, 0.2) is 11.5 Å². The summed E-state index contributed by atoms with van der Waals surface area (Å²) in [5.41, 5.74) is 1.07. The minimum Gasteiger partial charge on any atom is -0.493 e. The van der Waals surface area contributed by atoms with Crippen LogP contribution in [-0.4, -0.2) is 47.8 Å². The first-order chi connectivity index (χ1) is 12.1. The number of aromatic nitrogens is 1. The fourth-order valence-electron chi connectivity index (χ4n) is 4.02. The van der Waals surface area contributed by atoms with E-state index in [-0.39, 0.29) is 12.5 Å². The van der Waals surface area contributed by atoms with Crippen molar-refractivity contribution in [3.05, 3.63) is 53.9 Å². The van der Waals surface area contributed by atoms with Crippen LogP contribution in [-0.2, 0) is 11.3 Å². The first kappa shape index (κ1) is 15.9. The molecule has 2 aliphatic heterocycles. The van der Waals surface area contributed by atoms with Gasteiger partial charge in [-0.2, -0.15) is 0 Å². The molecule has 1 N–H and O–H groups in total. The first-order valence-corrected chi connectivity index (χ1v) is 8.28. The number of hydrogen-bond donors (Lipinski definition) is 1. The summed E-state index contributed by atoms with van der Waals surface area (Å²) in [4.78, 5) is 18.5. The number of likely N-dealkylation sites (tertiary alicyclic amines) is 1. The lowest BCUT2D eigenvalue weighted by Crippen LogP contribution is -2.45. The Balaban J connectivity index is 1.69. The second-order valence-corrected chi connectivity index (χ2v) is 6.71. The summed E-state index contributed by atoms with van der Waals surface area (Å²) in [6, 6.07) is 9.59. The van der Waals surface area contributed by atoms with Crippen molar-refractivity contribution >= 4 is 5.97 Å². The standard InChI is InChI=1S/C19H20N2O4/c1-24-16-6-2-5-14-15-10-21(9-13-4-3-7-20-8-13)11-19(15,18(22)23)12-25-17(14)16/h2-8,15H,9-12H2,1H3,(H,22,23)/t15-,19-/m1/s1. The molecule has 0 saturated carbocycles. The van der Waals surface area contributed by atoms with Crippen LogP contribution in [0.3, 0.4) is 0 Å². The highest BCUT2D eigenvalue weighted by molar-refractivity contribution is 5.79. The Morgan fingerprint density at radius 2 is 2.32 bits per heavy atom. The third kappa shape index (κ3) is 2.53. The number of aliphatic carboxylic acids is 1. The molecule has 6 heteroatoms. The summed E-state index contributed by atoms with van der Waals surface area (Å²) < 4.78 is 11.3. The molecular weight excluding hydrogens is 320 g/mol. The van der Waals surface area contributed by atoms with Gasteiger partial charge in [0, 0.05) is 43.5 Å². The Morgan fingerprint density at radius 1 is 1.44 bits per heavy atom. The van der Waals surface area contributed by atoms with E-state index in [1.54, 1.807) is 13.3 Å². The van der Waals surface area contributed by atoms with Crippen LogP contribution in [0.1, 0.15) is 17.0 Å². The Morgan fingerprint density at radius 3 is 3.04 bits per heavy atom. The second kappa shape index (κ2) is 6.04. The SMILES string of the molecule is COc1cccc2c1OC[C@]1(C(=O)O)CN(Cc3cccnc3)C[C@H]21. The van der Waals surface area contributed by atoms with Crippen LogP contribution in [0.15, 0.2) is 42.7 Å². The highest BCUT2D eigenvalue weighted by Crippen LogP contribution is 2.52. The number of para-hydroxylation sites is 1. The molecule has 2 aliphatic rings. The van der Waals surface area contributed by atoms with E-state index in [0.29, 0.717) is 31.1 Å². The van der Waals surface area contributed by atoms with Crippen molar-refractivity contribution in [1.29, 1.82) is 0 Å². The number of carboxylic acids is 1. The molecule has 1 aromatic heterocycles. The zero-order valence-corrected chi connectivity index (χ0v) is 14.0. The van der Waals surface area contributed by atoms with E-state index in [4.69, 9.17) is 9.47 Å². The Bertz CT molecular complexity index is 795. The zero-order valence-electron chi connectivity index (χ0n) is 14.0. The Hall–Kier alpha value is -2.60. The molecule has 2 atom stereocenters. The maximum absolute atomic E-state index is 12.2. The van der Waals surface area contributed by atoms with Crippen LogP contribution in [0.25, 0.3) is 0 Å². The number of fused-ring (bicyclic) bond motifs is 3. The van der Waals surface area contributed by atoms with E-state index >= 15 is 0 Å². The van der Waals surface area contributed by atoms with E-state index < -0.39 is 11.4 Å². The van der Waals surface area contributed by atoms with Gasteiger partial charge in [-0.05, 0) is 17.7 Å². The van der Waals surface area contributed by atoms with Crippen molar-refractivity contribution in [3.8, 4) is 11.5 Å². The number of nitrogens with zero attached hydrogens (tertiary/aromatic N) is 2. The molecule has 25 heavy (non-hydrogen) atoms. The van der Waals surface area contributed by atoms with E-state index in [9.17, 15) is 9.90 Å². The minimum absolute atomic E-state index is 0.125. The zero-order chi connectivity index (χ0) is 17.4. The number of rotatable bonds is 4. The molecule has 1 saturated heterocycles. The normalized spacial score (nSPS) is 24.9. The molecule has 0 aliphatic carbocycles. The molecule has 1 fully saturated rings. The molecule has 4 rings (SSSR count). The molecule has 0 spiro atoms. The summed E-state index contributed by atoms with van der Waals surface area (Å²) >= 11 is 0. The lowest BCUT2D eigenvalue weighted by Gasteiger charge is -2.36. The van der Waals surface area contributed by atoms with Crippen molar-refractivity contribution < 1.29 is 19.4 Å². The fraction of sp³-hybridized carbons (Fsp3) is 0.368. The molecule has 130 valence electrons. The van der Waals surface area contributed by atoms with Crippen LogP contribution >= 0.6 is 0 Å². The number of hydrogen-bond acceptors (Lipinski definition) is 5. The monoisotopic (exact) mass is 340 g/mol. The highest BCUT2D eigenvalue weighted by atomic mass is 16.5. The van der Waals surface area contributed by atoms with Crippen molar-refractivity contribution in [2.45, 2.75) is 12.5 Å².